The van der Waals surface area contributed by atoms with E-state index in [1.54, 1.807) is 12.1 Å². The molecule has 6 rings (SSSR count). The third kappa shape index (κ3) is 2.40. The summed E-state index contributed by atoms with van der Waals surface area (Å²) in [6, 6.07) is 7.05. The molecule has 2 aromatic rings. The van der Waals surface area contributed by atoms with Gasteiger partial charge in [0.25, 0.3) is 5.19 Å². The smallest absolute Gasteiger partial charge is 0.294 e. The molecule has 6 heteroatoms. The molecule has 1 saturated carbocycles. The van der Waals surface area contributed by atoms with Crippen LogP contribution in [0.15, 0.2) is 24.3 Å². The minimum Gasteiger partial charge on any atom is -0.508 e. The number of hydrogen-bond acceptors (Lipinski definition) is 6. The molecule has 23 heavy (non-hydrogen) atoms. The second-order valence-electron chi connectivity index (χ2n) is 7.08. The summed E-state index contributed by atoms with van der Waals surface area (Å²) in [4.78, 5) is 2.61. The Morgan fingerprint density at radius 1 is 1.04 bits per heavy atom. The zero-order valence-corrected chi connectivity index (χ0v) is 13.6. The van der Waals surface area contributed by atoms with E-state index in [1.165, 1.54) is 43.8 Å². The van der Waals surface area contributed by atoms with E-state index >= 15 is 0 Å². The molecule has 4 aliphatic rings. The van der Waals surface area contributed by atoms with Gasteiger partial charge in [-0.05, 0) is 43.0 Å². The molecule has 0 spiro atoms. The van der Waals surface area contributed by atoms with Crippen LogP contribution in [0.1, 0.15) is 12.8 Å². The molecule has 1 aromatic heterocycles. The number of phenolic OH excluding ortho intramolecular Hbond substituents is 1. The van der Waals surface area contributed by atoms with Gasteiger partial charge in [-0.1, -0.05) is 16.4 Å². The molecule has 0 unspecified atom stereocenters. The maximum atomic E-state index is 9.38. The third-order valence-electron chi connectivity index (χ3n) is 5.46. The molecule has 3 aliphatic heterocycles. The Morgan fingerprint density at radius 2 is 1.78 bits per heavy atom. The van der Waals surface area contributed by atoms with Gasteiger partial charge >= 0.3 is 0 Å². The number of aromatic hydroxyl groups is 1. The minimum atomic E-state index is 0.262. The zero-order chi connectivity index (χ0) is 15.4. The number of hydrogen-bond donors (Lipinski definition) is 1. The number of ether oxygens (including phenoxy) is 1. The molecule has 1 aliphatic carbocycles. The lowest BCUT2D eigenvalue weighted by molar-refractivity contribution is -0.0986. The van der Waals surface area contributed by atoms with E-state index in [9.17, 15) is 5.11 Å². The normalized spacial score (nSPS) is 34.7. The topological polar surface area (TPSA) is 58.5 Å². The molecule has 4 heterocycles. The first-order chi connectivity index (χ1) is 11.2. The van der Waals surface area contributed by atoms with Crippen molar-refractivity contribution in [2.75, 3.05) is 19.6 Å². The van der Waals surface area contributed by atoms with Crippen LogP contribution in [0.2, 0.25) is 0 Å². The van der Waals surface area contributed by atoms with Crippen LogP contribution in [0.5, 0.6) is 10.9 Å². The summed E-state index contributed by atoms with van der Waals surface area (Å²) in [6.45, 7) is 3.66. The predicted octanol–water partition coefficient (Wildman–Crippen LogP) is 2.63. The molecule has 120 valence electrons. The Labute approximate surface area is 138 Å². The minimum absolute atomic E-state index is 0.262. The van der Waals surface area contributed by atoms with Gasteiger partial charge in [0.2, 0.25) is 0 Å². The van der Waals surface area contributed by atoms with Crippen molar-refractivity contribution in [1.82, 2.24) is 15.1 Å². The van der Waals surface area contributed by atoms with Crippen molar-refractivity contribution in [1.29, 1.82) is 0 Å². The van der Waals surface area contributed by atoms with Crippen molar-refractivity contribution < 1.29 is 9.84 Å². The summed E-state index contributed by atoms with van der Waals surface area (Å²) in [6.07, 6.45) is 2.92. The van der Waals surface area contributed by atoms with Gasteiger partial charge in [-0.2, -0.15) is 0 Å². The van der Waals surface area contributed by atoms with E-state index < -0.39 is 0 Å². The molecule has 0 amide bonds. The molecule has 2 atom stereocenters. The molecule has 4 fully saturated rings. The molecule has 1 N–H and O–H groups in total. The van der Waals surface area contributed by atoms with E-state index in [0.29, 0.717) is 23.1 Å². The van der Waals surface area contributed by atoms with Crippen LogP contribution in [0.25, 0.3) is 10.6 Å². The van der Waals surface area contributed by atoms with Crippen LogP contribution in [-0.2, 0) is 0 Å². The average molecular weight is 329 g/mol. The van der Waals surface area contributed by atoms with E-state index in [2.05, 4.69) is 15.1 Å². The van der Waals surface area contributed by atoms with Crippen molar-refractivity contribution in [3.05, 3.63) is 24.3 Å². The van der Waals surface area contributed by atoms with Crippen LogP contribution in [0.4, 0.5) is 0 Å². The first kappa shape index (κ1) is 13.7. The lowest BCUT2D eigenvalue weighted by atomic mass is 9.66. The molecule has 4 bridgehead atoms. The second-order valence-corrected chi connectivity index (χ2v) is 8.02. The zero-order valence-electron chi connectivity index (χ0n) is 12.8. The molecule has 1 aromatic carbocycles. The van der Waals surface area contributed by atoms with Crippen molar-refractivity contribution in [3.63, 3.8) is 0 Å². The lowest BCUT2D eigenvalue weighted by Crippen LogP contribution is -2.61. The van der Waals surface area contributed by atoms with E-state index in [4.69, 9.17) is 4.74 Å². The fourth-order valence-electron chi connectivity index (χ4n) is 4.65. The van der Waals surface area contributed by atoms with Crippen LogP contribution < -0.4 is 4.74 Å². The summed E-state index contributed by atoms with van der Waals surface area (Å²) in [5.74, 6) is 2.46. The maximum absolute atomic E-state index is 9.38. The number of piperidine rings is 3. The van der Waals surface area contributed by atoms with Gasteiger partial charge in [-0.3, -0.25) is 0 Å². The molecular weight excluding hydrogens is 310 g/mol. The average Bonchev–Trinajstić information content (AvgIpc) is 2.99. The molecule has 5 nitrogen and oxygen atoms in total. The second kappa shape index (κ2) is 5.18. The van der Waals surface area contributed by atoms with Crippen molar-refractivity contribution >= 4 is 11.3 Å². The number of benzene rings is 1. The highest BCUT2D eigenvalue weighted by Crippen LogP contribution is 2.45. The third-order valence-corrected chi connectivity index (χ3v) is 6.32. The first-order valence-electron chi connectivity index (χ1n) is 8.26. The Bertz CT molecular complexity index is 687. The SMILES string of the molecule is Oc1ccc(-c2nnc(OC3[C@H]4CC5C[C@H]3CN(C5)C4)s2)cc1. The highest BCUT2D eigenvalue weighted by Gasteiger charge is 2.49. The first-order valence-corrected chi connectivity index (χ1v) is 9.08. The largest absolute Gasteiger partial charge is 0.508 e. The highest BCUT2D eigenvalue weighted by molar-refractivity contribution is 7.16. The lowest BCUT2D eigenvalue weighted by Gasteiger charge is -2.54. The molecule has 3 saturated heterocycles. The van der Waals surface area contributed by atoms with Gasteiger partial charge in [0.15, 0.2) is 5.01 Å². The van der Waals surface area contributed by atoms with Gasteiger partial charge in [0.1, 0.15) is 11.9 Å². The Kier molecular flexibility index (Phi) is 3.09. The number of nitrogens with zero attached hydrogens (tertiary/aromatic N) is 3. The van der Waals surface area contributed by atoms with Crippen LogP contribution in [0.3, 0.4) is 0 Å². The maximum Gasteiger partial charge on any atom is 0.294 e. The van der Waals surface area contributed by atoms with Crippen molar-refractivity contribution in [2.45, 2.75) is 18.9 Å². The fraction of sp³-hybridized carbons (Fsp3) is 0.529. The Morgan fingerprint density at radius 3 is 2.48 bits per heavy atom. The quantitative estimate of drug-likeness (QED) is 0.938. The number of aromatic nitrogens is 2. The summed E-state index contributed by atoms with van der Waals surface area (Å²) in [5.41, 5.74) is 0.964. The Balaban J connectivity index is 1.34. The fourth-order valence-corrected chi connectivity index (χ4v) is 5.39. The van der Waals surface area contributed by atoms with Gasteiger partial charge in [0, 0.05) is 37.0 Å². The summed E-state index contributed by atoms with van der Waals surface area (Å²) in [7, 11) is 0. The van der Waals surface area contributed by atoms with Crippen molar-refractivity contribution in [2.24, 2.45) is 17.8 Å². The van der Waals surface area contributed by atoms with Crippen LogP contribution in [0, 0.1) is 17.8 Å². The standard InChI is InChI=1S/C17H19N3O2S/c21-14-3-1-11(2-4-14)16-18-19-17(23-16)22-15-12-5-10-6-13(15)9-20(7-10)8-12/h1-4,10,12-13,15,21H,5-9H2/t10?,12-,13-,15?/m0/s1. The highest BCUT2D eigenvalue weighted by atomic mass is 32.1. The summed E-state index contributed by atoms with van der Waals surface area (Å²) < 4.78 is 6.29. The van der Waals surface area contributed by atoms with E-state index in [1.807, 2.05) is 12.1 Å². The van der Waals surface area contributed by atoms with Gasteiger partial charge in [-0.15, -0.1) is 5.10 Å². The van der Waals surface area contributed by atoms with Crippen LogP contribution >= 0.6 is 11.3 Å². The number of rotatable bonds is 3. The number of phenols is 1. The van der Waals surface area contributed by atoms with Crippen molar-refractivity contribution in [3.8, 4) is 21.5 Å². The summed E-state index contributed by atoms with van der Waals surface area (Å²) >= 11 is 1.50. The predicted molar refractivity (Wildman–Crippen MR) is 87.6 cm³/mol. The van der Waals surface area contributed by atoms with Gasteiger partial charge < -0.3 is 14.7 Å². The van der Waals surface area contributed by atoms with E-state index in [0.717, 1.165) is 16.5 Å². The monoisotopic (exact) mass is 329 g/mol. The summed E-state index contributed by atoms with van der Waals surface area (Å²) in [5, 5.41) is 19.4. The van der Waals surface area contributed by atoms with Crippen LogP contribution in [-0.4, -0.2) is 45.9 Å². The van der Waals surface area contributed by atoms with E-state index in [-0.39, 0.29) is 5.75 Å². The Hall–Kier alpha value is -1.66. The van der Waals surface area contributed by atoms with Gasteiger partial charge in [0.05, 0.1) is 0 Å². The molecule has 0 radical (unpaired) electrons. The van der Waals surface area contributed by atoms with Gasteiger partial charge in [-0.25, -0.2) is 0 Å². The molecular formula is C17H19N3O2S.